The third-order valence-corrected chi connectivity index (χ3v) is 4.20. The van der Waals surface area contributed by atoms with E-state index >= 15 is 0 Å². The SMILES string of the molecule is CCN(CCO)CC(=O)Nc1cc2oc3ccccc3c2cc1OC. The van der Waals surface area contributed by atoms with E-state index in [9.17, 15) is 4.79 Å². The largest absolute Gasteiger partial charge is 0.495 e. The van der Waals surface area contributed by atoms with Crippen molar-refractivity contribution in [1.29, 1.82) is 0 Å². The molecule has 2 N–H and O–H groups in total. The van der Waals surface area contributed by atoms with Crippen LogP contribution in [-0.2, 0) is 4.79 Å². The van der Waals surface area contributed by atoms with Crippen LogP contribution in [0.15, 0.2) is 40.8 Å². The number of furan rings is 1. The summed E-state index contributed by atoms with van der Waals surface area (Å²) in [7, 11) is 1.57. The minimum absolute atomic E-state index is 0.0232. The number of likely N-dealkylation sites (N-methyl/N-ethyl adjacent to an activating group) is 1. The molecule has 132 valence electrons. The molecular weight excluding hydrogens is 320 g/mol. The lowest BCUT2D eigenvalue weighted by Gasteiger charge is -2.19. The van der Waals surface area contributed by atoms with Crippen molar-refractivity contribution in [2.75, 3.05) is 38.7 Å². The third-order valence-electron chi connectivity index (χ3n) is 4.20. The van der Waals surface area contributed by atoms with Gasteiger partial charge in [-0.2, -0.15) is 0 Å². The highest BCUT2D eigenvalue weighted by molar-refractivity contribution is 6.07. The van der Waals surface area contributed by atoms with Crippen molar-refractivity contribution in [1.82, 2.24) is 4.90 Å². The van der Waals surface area contributed by atoms with Gasteiger partial charge in [0, 0.05) is 23.4 Å². The molecule has 0 aliphatic carbocycles. The molecule has 3 rings (SSSR count). The number of aliphatic hydroxyl groups is 1. The highest BCUT2D eigenvalue weighted by atomic mass is 16.5. The van der Waals surface area contributed by atoms with Crippen molar-refractivity contribution in [3.05, 3.63) is 36.4 Å². The summed E-state index contributed by atoms with van der Waals surface area (Å²) >= 11 is 0. The van der Waals surface area contributed by atoms with E-state index in [1.54, 1.807) is 13.2 Å². The maximum atomic E-state index is 12.3. The van der Waals surface area contributed by atoms with Gasteiger partial charge in [-0.3, -0.25) is 9.69 Å². The number of carbonyl (C=O) groups excluding carboxylic acids is 1. The van der Waals surface area contributed by atoms with Gasteiger partial charge in [-0.1, -0.05) is 25.1 Å². The van der Waals surface area contributed by atoms with Gasteiger partial charge in [0.2, 0.25) is 5.91 Å². The zero-order chi connectivity index (χ0) is 17.8. The van der Waals surface area contributed by atoms with Gasteiger partial charge in [0.25, 0.3) is 0 Å². The Kier molecular flexibility index (Phi) is 5.21. The summed E-state index contributed by atoms with van der Waals surface area (Å²) in [6.07, 6.45) is 0. The van der Waals surface area contributed by atoms with Crippen LogP contribution < -0.4 is 10.1 Å². The lowest BCUT2D eigenvalue weighted by atomic mass is 10.1. The van der Waals surface area contributed by atoms with Gasteiger partial charge in [0.15, 0.2) is 0 Å². The number of hydrogen-bond acceptors (Lipinski definition) is 5. The first-order valence-corrected chi connectivity index (χ1v) is 8.28. The number of carbonyl (C=O) groups is 1. The number of hydrogen-bond donors (Lipinski definition) is 2. The maximum absolute atomic E-state index is 12.3. The second-order valence-electron chi connectivity index (χ2n) is 5.79. The van der Waals surface area contributed by atoms with Crippen LogP contribution in [-0.4, -0.2) is 49.3 Å². The van der Waals surface area contributed by atoms with E-state index in [0.717, 1.165) is 16.4 Å². The van der Waals surface area contributed by atoms with Crippen LogP contribution in [0.4, 0.5) is 5.69 Å². The van der Waals surface area contributed by atoms with Crippen molar-refractivity contribution < 1.29 is 19.1 Å². The number of benzene rings is 2. The number of amides is 1. The molecule has 0 radical (unpaired) electrons. The average molecular weight is 342 g/mol. The van der Waals surface area contributed by atoms with Crippen molar-refractivity contribution >= 4 is 33.5 Å². The Labute approximate surface area is 146 Å². The van der Waals surface area contributed by atoms with Gasteiger partial charge >= 0.3 is 0 Å². The van der Waals surface area contributed by atoms with Gasteiger partial charge in [-0.15, -0.1) is 0 Å². The highest BCUT2D eigenvalue weighted by Crippen LogP contribution is 2.36. The van der Waals surface area contributed by atoms with Gasteiger partial charge < -0.3 is 19.6 Å². The second kappa shape index (κ2) is 7.55. The Bertz CT molecular complexity index is 888. The Morgan fingerprint density at radius 1 is 1.24 bits per heavy atom. The summed E-state index contributed by atoms with van der Waals surface area (Å²) in [5.41, 5.74) is 2.06. The second-order valence-corrected chi connectivity index (χ2v) is 5.79. The van der Waals surface area contributed by atoms with Crippen LogP contribution in [0.2, 0.25) is 0 Å². The minimum Gasteiger partial charge on any atom is -0.495 e. The van der Waals surface area contributed by atoms with Crippen molar-refractivity contribution in [2.24, 2.45) is 0 Å². The molecule has 2 aromatic carbocycles. The van der Waals surface area contributed by atoms with E-state index in [-0.39, 0.29) is 19.1 Å². The van der Waals surface area contributed by atoms with Crippen molar-refractivity contribution in [3.8, 4) is 5.75 Å². The number of para-hydroxylation sites is 1. The molecule has 0 spiro atoms. The van der Waals surface area contributed by atoms with Crippen molar-refractivity contribution in [2.45, 2.75) is 6.92 Å². The predicted molar refractivity (Wildman–Crippen MR) is 98.1 cm³/mol. The Morgan fingerprint density at radius 3 is 2.76 bits per heavy atom. The van der Waals surface area contributed by atoms with E-state index in [0.29, 0.717) is 30.1 Å². The van der Waals surface area contributed by atoms with Crippen molar-refractivity contribution in [3.63, 3.8) is 0 Å². The maximum Gasteiger partial charge on any atom is 0.238 e. The molecule has 25 heavy (non-hydrogen) atoms. The predicted octanol–water partition coefficient (Wildman–Crippen LogP) is 2.85. The Balaban J connectivity index is 1.90. The first-order chi connectivity index (χ1) is 12.2. The molecule has 0 saturated carbocycles. The van der Waals surface area contributed by atoms with Crippen LogP contribution in [0.1, 0.15) is 6.92 Å². The number of nitrogens with zero attached hydrogens (tertiary/aromatic N) is 1. The van der Waals surface area contributed by atoms with Crippen LogP contribution in [0.3, 0.4) is 0 Å². The van der Waals surface area contributed by atoms with E-state index in [1.807, 2.05) is 42.2 Å². The molecular formula is C19H22N2O4. The Morgan fingerprint density at radius 2 is 2.04 bits per heavy atom. The van der Waals surface area contributed by atoms with Gasteiger partial charge in [-0.25, -0.2) is 0 Å². The van der Waals surface area contributed by atoms with Crippen LogP contribution >= 0.6 is 0 Å². The fourth-order valence-corrected chi connectivity index (χ4v) is 2.90. The molecule has 3 aromatic rings. The first-order valence-electron chi connectivity index (χ1n) is 8.28. The lowest BCUT2D eigenvalue weighted by molar-refractivity contribution is -0.117. The number of nitrogens with one attached hydrogen (secondary N) is 1. The zero-order valence-corrected chi connectivity index (χ0v) is 14.4. The standard InChI is InChI=1S/C19H22N2O4/c1-3-21(8-9-22)12-19(23)20-15-11-17-14(10-18(15)24-2)13-6-4-5-7-16(13)25-17/h4-7,10-11,22H,3,8-9,12H2,1-2H3,(H,20,23). The molecule has 0 unspecified atom stereocenters. The van der Waals surface area contributed by atoms with Crippen LogP contribution in [0.25, 0.3) is 21.9 Å². The summed E-state index contributed by atoms with van der Waals surface area (Å²) in [4.78, 5) is 14.2. The average Bonchev–Trinajstić information content (AvgIpc) is 2.97. The van der Waals surface area contributed by atoms with E-state index < -0.39 is 0 Å². The molecule has 1 heterocycles. The molecule has 1 amide bonds. The molecule has 6 heteroatoms. The first kappa shape index (κ1) is 17.3. The number of aliphatic hydroxyl groups excluding tert-OH is 1. The van der Waals surface area contributed by atoms with Crippen LogP contribution in [0.5, 0.6) is 5.75 Å². The van der Waals surface area contributed by atoms with E-state index in [1.165, 1.54) is 0 Å². The molecule has 6 nitrogen and oxygen atoms in total. The van der Waals surface area contributed by atoms with Gasteiger partial charge in [0.1, 0.15) is 16.9 Å². The number of methoxy groups -OCH3 is 1. The molecule has 0 saturated heterocycles. The normalized spacial score (nSPS) is 11.4. The third kappa shape index (κ3) is 3.60. The fourth-order valence-electron chi connectivity index (χ4n) is 2.90. The summed E-state index contributed by atoms with van der Waals surface area (Å²) in [6.45, 7) is 3.33. The monoisotopic (exact) mass is 342 g/mol. The van der Waals surface area contributed by atoms with Gasteiger partial charge in [0.05, 0.1) is 25.9 Å². The quantitative estimate of drug-likeness (QED) is 0.691. The number of rotatable bonds is 7. The summed E-state index contributed by atoms with van der Waals surface area (Å²) in [5.74, 6) is 0.418. The summed E-state index contributed by atoms with van der Waals surface area (Å²) in [5, 5.41) is 13.9. The Hall–Kier alpha value is -2.57. The minimum atomic E-state index is -0.163. The molecule has 0 aliphatic heterocycles. The molecule has 0 atom stereocenters. The zero-order valence-electron chi connectivity index (χ0n) is 14.4. The number of fused-ring (bicyclic) bond motifs is 3. The van der Waals surface area contributed by atoms with Crippen LogP contribution in [0, 0.1) is 0 Å². The smallest absolute Gasteiger partial charge is 0.238 e. The van der Waals surface area contributed by atoms with Gasteiger partial charge in [-0.05, 0) is 18.7 Å². The number of ether oxygens (including phenoxy) is 1. The molecule has 1 aromatic heterocycles. The molecule has 0 bridgehead atoms. The fraction of sp³-hybridized carbons (Fsp3) is 0.316. The summed E-state index contributed by atoms with van der Waals surface area (Å²) in [6, 6.07) is 11.4. The topological polar surface area (TPSA) is 74.9 Å². The summed E-state index contributed by atoms with van der Waals surface area (Å²) < 4.78 is 11.3. The lowest BCUT2D eigenvalue weighted by Crippen LogP contribution is -2.35. The number of anilines is 1. The molecule has 0 fully saturated rings. The highest BCUT2D eigenvalue weighted by Gasteiger charge is 2.15. The van der Waals surface area contributed by atoms with E-state index in [2.05, 4.69) is 5.32 Å². The van der Waals surface area contributed by atoms with E-state index in [4.69, 9.17) is 14.3 Å². The molecule has 0 aliphatic rings.